The van der Waals surface area contributed by atoms with E-state index in [0.29, 0.717) is 17.7 Å². The predicted octanol–water partition coefficient (Wildman–Crippen LogP) is 5.07. The maximum absolute atomic E-state index is 13.6. The van der Waals surface area contributed by atoms with Crippen LogP contribution in [0.4, 0.5) is 5.69 Å². The third-order valence-corrected chi connectivity index (χ3v) is 4.75. The highest BCUT2D eigenvalue weighted by Gasteiger charge is 2.34. The van der Waals surface area contributed by atoms with Crippen LogP contribution in [0.2, 0.25) is 0 Å². The van der Waals surface area contributed by atoms with Crippen molar-refractivity contribution in [2.45, 2.75) is 26.3 Å². The van der Waals surface area contributed by atoms with Gasteiger partial charge in [0.05, 0.1) is 12.8 Å². The Labute approximate surface area is 165 Å². The SMILES string of the molecule is COC(=O)[C@H](CC(C)C)N(C(=O)c1ccccc1)c1cccc2ccccc12. The van der Waals surface area contributed by atoms with Gasteiger partial charge in [-0.15, -0.1) is 0 Å². The highest BCUT2D eigenvalue weighted by molar-refractivity contribution is 6.13. The van der Waals surface area contributed by atoms with E-state index in [1.807, 2.05) is 74.5 Å². The smallest absolute Gasteiger partial charge is 0.328 e. The molecule has 3 aromatic rings. The van der Waals surface area contributed by atoms with E-state index >= 15 is 0 Å². The molecule has 0 N–H and O–H groups in total. The first-order valence-corrected chi connectivity index (χ1v) is 9.47. The summed E-state index contributed by atoms with van der Waals surface area (Å²) in [7, 11) is 1.37. The minimum atomic E-state index is -0.705. The van der Waals surface area contributed by atoms with Crippen LogP contribution >= 0.6 is 0 Å². The zero-order valence-electron chi connectivity index (χ0n) is 16.5. The van der Waals surface area contributed by atoms with Crippen LogP contribution in [0.25, 0.3) is 10.8 Å². The van der Waals surface area contributed by atoms with Crippen LogP contribution in [0.1, 0.15) is 30.6 Å². The van der Waals surface area contributed by atoms with Gasteiger partial charge in [0.15, 0.2) is 0 Å². The largest absolute Gasteiger partial charge is 0.467 e. The number of ether oxygens (including phenoxy) is 1. The summed E-state index contributed by atoms with van der Waals surface area (Å²) in [6.07, 6.45) is 0.508. The Balaban J connectivity index is 2.21. The number of rotatable bonds is 6. The summed E-state index contributed by atoms with van der Waals surface area (Å²) in [6.45, 7) is 4.06. The summed E-state index contributed by atoms with van der Waals surface area (Å²) >= 11 is 0. The Kier molecular flexibility index (Phi) is 6.09. The molecule has 0 saturated heterocycles. The minimum absolute atomic E-state index is 0.213. The van der Waals surface area contributed by atoms with Crippen LogP contribution in [0, 0.1) is 5.92 Å². The van der Waals surface area contributed by atoms with E-state index in [9.17, 15) is 9.59 Å². The molecule has 0 aliphatic rings. The highest BCUT2D eigenvalue weighted by Crippen LogP contribution is 2.31. The van der Waals surface area contributed by atoms with Gasteiger partial charge in [0.2, 0.25) is 0 Å². The number of anilines is 1. The summed E-state index contributed by atoms with van der Waals surface area (Å²) in [5, 5.41) is 1.94. The second-order valence-corrected chi connectivity index (χ2v) is 7.21. The van der Waals surface area contributed by atoms with Crippen LogP contribution in [0.15, 0.2) is 72.8 Å². The van der Waals surface area contributed by atoms with Crippen molar-refractivity contribution in [1.82, 2.24) is 0 Å². The normalized spacial score (nSPS) is 12.0. The maximum Gasteiger partial charge on any atom is 0.328 e. The number of carbonyl (C=O) groups excluding carboxylic acids is 2. The molecule has 4 nitrogen and oxygen atoms in total. The fourth-order valence-electron chi connectivity index (χ4n) is 3.45. The summed E-state index contributed by atoms with van der Waals surface area (Å²) in [5.74, 6) is -0.413. The lowest BCUT2D eigenvalue weighted by atomic mass is 9.99. The molecule has 4 heteroatoms. The van der Waals surface area contributed by atoms with Gasteiger partial charge in [-0.3, -0.25) is 9.69 Å². The molecule has 0 unspecified atom stereocenters. The van der Waals surface area contributed by atoms with E-state index in [4.69, 9.17) is 4.74 Å². The molecule has 144 valence electrons. The minimum Gasteiger partial charge on any atom is -0.467 e. The summed E-state index contributed by atoms with van der Waals surface area (Å²) in [4.78, 5) is 27.9. The van der Waals surface area contributed by atoms with Gasteiger partial charge in [-0.25, -0.2) is 4.79 Å². The Morgan fingerprint density at radius 2 is 1.54 bits per heavy atom. The van der Waals surface area contributed by atoms with Crippen molar-refractivity contribution in [3.05, 3.63) is 78.4 Å². The van der Waals surface area contributed by atoms with Crippen molar-refractivity contribution >= 4 is 28.3 Å². The monoisotopic (exact) mass is 375 g/mol. The van der Waals surface area contributed by atoms with E-state index in [-0.39, 0.29) is 11.8 Å². The van der Waals surface area contributed by atoms with Crippen molar-refractivity contribution < 1.29 is 14.3 Å². The number of amides is 1. The first-order chi connectivity index (χ1) is 13.5. The molecule has 0 saturated carbocycles. The van der Waals surface area contributed by atoms with Gasteiger partial charge >= 0.3 is 5.97 Å². The van der Waals surface area contributed by atoms with E-state index < -0.39 is 12.0 Å². The lowest BCUT2D eigenvalue weighted by Crippen LogP contribution is -2.46. The molecule has 0 aliphatic heterocycles. The number of nitrogens with zero attached hydrogens (tertiary/aromatic N) is 1. The van der Waals surface area contributed by atoms with Crippen LogP contribution < -0.4 is 4.90 Å². The Hall–Kier alpha value is -3.14. The van der Waals surface area contributed by atoms with Crippen molar-refractivity contribution in [2.24, 2.45) is 5.92 Å². The summed E-state index contributed by atoms with van der Waals surface area (Å²) < 4.78 is 5.08. The zero-order chi connectivity index (χ0) is 20.1. The third kappa shape index (κ3) is 4.06. The third-order valence-electron chi connectivity index (χ3n) is 4.75. The number of hydrogen-bond acceptors (Lipinski definition) is 3. The van der Waals surface area contributed by atoms with Gasteiger partial charge in [-0.2, -0.15) is 0 Å². The van der Waals surface area contributed by atoms with Crippen molar-refractivity contribution in [1.29, 1.82) is 0 Å². The van der Waals surface area contributed by atoms with E-state index in [0.717, 1.165) is 10.8 Å². The Morgan fingerprint density at radius 1 is 0.893 bits per heavy atom. The summed E-state index contributed by atoms with van der Waals surface area (Å²) in [6, 6.07) is 22.0. The number of hydrogen-bond donors (Lipinski definition) is 0. The molecule has 0 radical (unpaired) electrons. The van der Waals surface area contributed by atoms with Gasteiger partial charge in [0, 0.05) is 10.9 Å². The molecular formula is C24H25NO3. The van der Waals surface area contributed by atoms with E-state index in [1.165, 1.54) is 7.11 Å². The second-order valence-electron chi connectivity index (χ2n) is 7.21. The molecule has 0 aliphatic carbocycles. The van der Waals surface area contributed by atoms with Crippen LogP contribution in [-0.4, -0.2) is 25.0 Å². The van der Waals surface area contributed by atoms with E-state index in [2.05, 4.69) is 0 Å². The molecule has 1 amide bonds. The molecule has 0 spiro atoms. The van der Waals surface area contributed by atoms with Crippen molar-refractivity contribution in [3.63, 3.8) is 0 Å². The quantitative estimate of drug-likeness (QED) is 0.565. The fraction of sp³-hybridized carbons (Fsp3) is 0.250. The number of benzene rings is 3. The Morgan fingerprint density at radius 3 is 2.21 bits per heavy atom. The molecule has 28 heavy (non-hydrogen) atoms. The van der Waals surface area contributed by atoms with Gasteiger partial charge in [0.1, 0.15) is 6.04 Å². The van der Waals surface area contributed by atoms with E-state index in [1.54, 1.807) is 17.0 Å². The fourth-order valence-corrected chi connectivity index (χ4v) is 3.45. The molecule has 3 rings (SSSR count). The lowest BCUT2D eigenvalue weighted by molar-refractivity contribution is -0.142. The van der Waals surface area contributed by atoms with Gasteiger partial charge in [0.25, 0.3) is 5.91 Å². The average Bonchev–Trinajstić information content (AvgIpc) is 2.73. The van der Waals surface area contributed by atoms with Gasteiger partial charge in [-0.1, -0.05) is 68.4 Å². The Bertz CT molecular complexity index is 961. The van der Waals surface area contributed by atoms with Crippen molar-refractivity contribution in [3.8, 4) is 0 Å². The standard InChI is InChI=1S/C24H25NO3/c1-17(2)16-22(24(27)28-3)25(23(26)19-11-5-4-6-12-19)21-15-9-13-18-10-7-8-14-20(18)21/h4-15,17,22H,16H2,1-3H3/t22-/m0/s1. The van der Waals surface area contributed by atoms with Crippen LogP contribution in [-0.2, 0) is 9.53 Å². The molecule has 1 atom stereocenters. The molecular weight excluding hydrogens is 350 g/mol. The topological polar surface area (TPSA) is 46.6 Å². The molecule has 0 fully saturated rings. The second kappa shape index (κ2) is 8.70. The number of esters is 1. The van der Waals surface area contributed by atoms with Crippen LogP contribution in [0.5, 0.6) is 0 Å². The lowest BCUT2D eigenvalue weighted by Gasteiger charge is -2.32. The molecule has 0 bridgehead atoms. The number of methoxy groups -OCH3 is 1. The zero-order valence-corrected chi connectivity index (χ0v) is 16.5. The average molecular weight is 375 g/mol. The molecule has 3 aromatic carbocycles. The number of carbonyl (C=O) groups is 2. The molecule has 0 heterocycles. The number of fused-ring (bicyclic) bond motifs is 1. The van der Waals surface area contributed by atoms with Crippen molar-refractivity contribution in [2.75, 3.05) is 12.0 Å². The highest BCUT2D eigenvalue weighted by atomic mass is 16.5. The molecule has 0 aromatic heterocycles. The van der Waals surface area contributed by atoms with Gasteiger partial charge < -0.3 is 4.74 Å². The van der Waals surface area contributed by atoms with Crippen LogP contribution in [0.3, 0.4) is 0 Å². The maximum atomic E-state index is 13.6. The first kappa shape index (κ1) is 19.6. The first-order valence-electron chi connectivity index (χ1n) is 9.47. The van der Waals surface area contributed by atoms with Gasteiger partial charge in [-0.05, 0) is 35.9 Å². The predicted molar refractivity (Wildman–Crippen MR) is 112 cm³/mol. The summed E-state index contributed by atoms with van der Waals surface area (Å²) in [5.41, 5.74) is 1.25.